The van der Waals surface area contributed by atoms with Gasteiger partial charge in [-0.15, -0.1) is 0 Å². The summed E-state index contributed by atoms with van der Waals surface area (Å²) in [5, 5.41) is 3.01. The summed E-state index contributed by atoms with van der Waals surface area (Å²) in [6.07, 6.45) is 1.80. The highest BCUT2D eigenvalue weighted by Gasteiger charge is 2.21. The van der Waals surface area contributed by atoms with Crippen LogP contribution in [0.15, 0.2) is 41.5 Å². The Hall–Kier alpha value is -1.84. The highest BCUT2D eigenvalue weighted by molar-refractivity contribution is 5.78. The Morgan fingerprint density at radius 2 is 2.22 bits per heavy atom. The van der Waals surface area contributed by atoms with Crippen molar-refractivity contribution in [3.63, 3.8) is 0 Å². The third-order valence-electron chi connectivity index (χ3n) is 2.57. The van der Waals surface area contributed by atoms with E-state index in [0.717, 1.165) is 11.3 Å². The monoisotopic (exact) mass is 246 g/mol. The normalized spacial score (nSPS) is 12.3. The summed E-state index contributed by atoms with van der Waals surface area (Å²) in [7, 11) is 0. The molecule has 0 atom stereocenters. The maximum atomic E-state index is 5.78. The molecule has 3 N–H and O–H groups in total. The lowest BCUT2D eigenvalue weighted by atomic mass is 9.89. The number of hydrogen-bond donors (Lipinski definition) is 2. The van der Waals surface area contributed by atoms with E-state index < -0.39 is 0 Å². The molecule has 0 saturated carbocycles. The molecule has 0 aliphatic carbocycles. The van der Waals surface area contributed by atoms with Crippen molar-refractivity contribution in [2.24, 2.45) is 10.7 Å². The number of guanidine groups is 1. The van der Waals surface area contributed by atoms with Crippen LogP contribution in [-0.4, -0.2) is 24.0 Å². The largest absolute Gasteiger partial charge is 0.370 e. The SMILES string of the molecule is C=C(C)CNC(N)=NCC(C)(C)c1ccccn1. The molecule has 1 rings (SSSR count). The van der Waals surface area contributed by atoms with Gasteiger partial charge in [0.1, 0.15) is 0 Å². The van der Waals surface area contributed by atoms with E-state index >= 15 is 0 Å². The van der Waals surface area contributed by atoms with Crippen molar-refractivity contribution in [1.29, 1.82) is 0 Å². The smallest absolute Gasteiger partial charge is 0.188 e. The lowest BCUT2D eigenvalue weighted by Gasteiger charge is -2.21. The van der Waals surface area contributed by atoms with E-state index in [-0.39, 0.29) is 5.41 Å². The molecule has 0 aliphatic rings. The number of rotatable bonds is 5. The molecule has 0 fully saturated rings. The number of pyridine rings is 1. The molecule has 1 heterocycles. The lowest BCUT2D eigenvalue weighted by molar-refractivity contribution is 0.522. The maximum absolute atomic E-state index is 5.78. The van der Waals surface area contributed by atoms with Gasteiger partial charge >= 0.3 is 0 Å². The summed E-state index contributed by atoms with van der Waals surface area (Å²) in [5.74, 6) is 0.446. The van der Waals surface area contributed by atoms with Crippen LogP contribution in [0.2, 0.25) is 0 Å². The van der Waals surface area contributed by atoms with E-state index in [1.165, 1.54) is 0 Å². The molecule has 98 valence electrons. The van der Waals surface area contributed by atoms with Gasteiger partial charge in [0.05, 0.1) is 6.54 Å². The Morgan fingerprint density at radius 1 is 1.50 bits per heavy atom. The van der Waals surface area contributed by atoms with Gasteiger partial charge in [0, 0.05) is 23.9 Å². The standard InChI is InChI=1S/C14H22N4/c1-11(2)9-17-13(15)18-10-14(3,4)12-7-5-6-8-16-12/h5-8H,1,9-10H2,2-4H3,(H3,15,17,18). The van der Waals surface area contributed by atoms with Crippen LogP contribution in [0.3, 0.4) is 0 Å². The molecule has 18 heavy (non-hydrogen) atoms. The first-order valence-electron chi connectivity index (χ1n) is 6.01. The highest BCUT2D eigenvalue weighted by Crippen LogP contribution is 2.20. The van der Waals surface area contributed by atoms with Crippen LogP contribution in [0, 0.1) is 0 Å². The molecule has 0 radical (unpaired) electrons. The van der Waals surface area contributed by atoms with Crippen LogP contribution in [0.4, 0.5) is 0 Å². The van der Waals surface area contributed by atoms with Gasteiger partial charge in [-0.1, -0.05) is 32.1 Å². The summed E-state index contributed by atoms with van der Waals surface area (Å²) in [6, 6.07) is 5.90. The minimum Gasteiger partial charge on any atom is -0.370 e. The van der Waals surface area contributed by atoms with Gasteiger partial charge in [-0.2, -0.15) is 0 Å². The molecular formula is C14H22N4. The Morgan fingerprint density at radius 3 is 2.78 bits per heavy atom. The van der Waals surface area contributed by atoms with Crippen LogP contribution >= 0.6 is 0 Å². The van der Waals surface area contributed by atoms with E-state index in [9.17, 15) is 0 Å². The first-order chi connectivity index (χ1) is 8.42. The van der Waals surface area contributed by atoms with Gasteiger partial charge in [-0.05, 0) is 19.1 Å². The molecule has 4 nitrogen and oxygen atoms in total. The second-order valence-corrected chi connectivity index (χ2v) is 5.11. The molecule has 0 amide bonds. The third kappa shape index (κ3) is 4.57. The predicted octanol–water partition coefficient (Wildman–Crippen LogP) is 1.84. The van der Waals surface area contributed by atoms with Crippen LogP contribution < -0.4 is 11.1 Å². The zero-order valence-corrected chi connectivity index (χ0v) is 11.4. The summed E-state index contributed by atoms with van der Waals surface area (Å²) in [6.45, 7) is 11.2. The molecule has 1 aromatic rings. The molecule has 0 bridgehead atoms. The third-order valence-corrected chi connectivity index (χ3v) is 2.57. The fraction of sp³-hybridized carbons (Fsp3) is 0.429. The molecular weight excluding hydrogens is 224 g/mol. The average Bonchev–Trinajstić information content (AvgIpc) is 2.35. The van der Waals surface area contributed by atoms with Crippen molar-refractivity contribution < 1.29 is 0 Å². The molecule has 0 aromatic carbocycles. The quantitative estimate of drug-likeness (QED) is 0.473. The van der Waals surface area contributed by atoms with Gasteiger partial charge in [0.2, 0.25) is 0 Å². The number of hydrogen-bond acceptors (Lipinski definition) is 2. The molecule has 1 aromatic heterocycles. The number of nitrogens with one attached hydrogen (secondary N) is 1. The Kier molecular flexibility index (Phi) is 4.89. The van der Waals surface area contributed by atoms with Crippen molar-refractivity contribution in [2.75, 3.05) is 13.1 Å². The van der Waals surface area contributed by atoms with Crippen molar-refractivity contribution in [3.05, 3.63) is 42.2 Å². The molecule has 4 heteroatoms. The fourth-order valence-electron chi connectivity index (χ4n) is 1.42. The summed E-state index contributed by atoms with van der Waals surface area (Å²) in [4.78, 5) is 8.70. The van der Waals surface area contributed by atoms with Crippen LogP contribution in [0.25, 0.3) is 0 Å². The van der Waals surface area contributed by atoms with Gasteiger partial charge in [-0.25, -0.2) is 0 Å². The van der Waals surface area contributed by atoms with Crippen molar-refractivity contribution >= 4 is 5.96 Å². The van der Waals surface area contributed by atoms with E-state index in [0.29, 0.717) is 19.0 Å². The highest BCUT2D eigenvalue weighted by atomic mass is 15.1. The van der Waals surface area contributed by atoms with Crippen molar-refractivity contribution in [3.8, 4) is 0 Å². The lowest BCUT2D eigenvalue weighted by Crippen LogP contribution is -2.34. The van der Waals surface area contributed by atoms with E-state index in [1.807, 2.05) is 25.1 Å². The van der Waals surface area contributed by atoms with E-state index in [4.69, 9.17) is 5.73 Å². The zero-order valence-electron chi connectivity index (χ0n) is 11.4. The number of aromatic nitrogens is 1. The van der Waals surface area contributed by atoms with Crippen molar-refractivity contribution in [1.82, 2.24) is 10.3 Å². The summed E-state index contributed by atoms with van der Waals surface area (Å²) in [5.41, 5.74) is 7.70. The topological polar surface area (TPSA) is 63.3 Å². The zero-order chi connectivity index (χ0) is 13.6. The minimum atomic E-state index is -0.128. The Balaban J connectivity index is 2.61. The number of nitrogens with zero attached hydrogens (tertiary/aromatic N) is 2. The molecule has 0 aliphatic heterocycles. The van der Waals surface area contributed by atoms with Crippen LogP contribution in [-0.2, 0) is 5.41 Å². The second-order valence-electron chi connectivity index (χ2n) is 5.11. The first kappa shape index (κ1) is 14.2. The van der Waals surface area contributed by atoms with E-state index in [1.54, 1.807) is 6.20 Å². The summed E-state index contributed by atoms with van der Waals surface area (Å²) < 4.78 is 0. The van der Waals surface area contributed by atoms with Gasteiger partial charge in [0.15, 0.2) is 5.96 Å². The predicted molar refractivity (Wildman–Crippen MR) is 76.6 cm³/mol. The van der Waals surface area contributed by atoms with Crippen molar-refractivity contribution in [2.45, 2.75) is 26.2 Å². The average molecular weight is 246 g/mol. The number of nitrogens with two attached hydrogens (primary N) is 1. The summed E-state index contributed by atoms with van der Waals surface area (Å²) >= 11 is 0. The molecule has 0 spiro atoms. The molecule has 0 unspecified atom stereocenters. The number of aliphatic imine (C=N–C) groups is 1. The Bertz CT molecular complexity index is 421. The van der Waals surface area contributed by atoms with Gasteiger partial charge in [0.25, 0.3) is 0 Å². The van der Waals surface area contributed by atoms with Gasteiger partial charge in [-0.3, -0.25) is 9.98 Å². The maximum Gasteiger partial charge on any atom is 0.188 e. The minimum absolute atomic E-state index is 0.128. The van der Waals surface area contributed by atoms with Crippen LogP contribution in [0.1, 0.15) is 26.5 Å². The second kappa shape index (κ2) is 6.19. The molecule has 0 saturated heterocycles. The Labute approximate surface area is 109 Å². The van der Waals surface area contributed by atoms with E-state index in [2.05, 4.69) is 35.7 Å². The fourth-order valence-corrected chi connectivity index (χ4v) is 1.42. The van der Waals surface area contributed by atoms with Crippen LogP contribution in [0.5, 0.6) is 0 Å². The van der Waals surface area contributed by atoms with Gasteiger partial charge < -0.3 is 11.1 Å². The first-order valence-corrected chi connectivity index (χ1v) is 6.01.